The molecule has 142 valence electrons. The van der Waals surface area contributed by atoms with Gasteiger partial charge in [0.15, 0.2) is 11.6 Å². The Bertz CT molecular complexity index is 828. The highest BCUT2D eigenvalue weighted by molar-refractivity contribution is 6.42. The summed E-state index contributed by atoms with van der Waals surface area (Å²) < 4.78 is 18.7. The van der Waals surface area contributed by atoms with E-state index in [1.54, 1.807) is 23.1 Å². The molecule has 27 heavy (non-hydrogen) atoms. The number of hydrogen-bond acceptors (Lipinski definition) is 4. The quantitative estimate of drug-likeness (QED) is 0.600. The number of carbonyl (C=O) groups is 2. The van der Waals surface area contributed by atoms with Crippen LogP contribution in [-0.4, -0.2) is 54.8 Å². The maximum absolute atomic E-state index is 13.8. The van der Waals surface area contributed by atoms with Gasteiger partial charge in [-0.15, -0.1) is 0 Å². The first kappa shape index (κ1) is 19.0. The summed E-state index contributed by atoms with van der Waals surface area (Å²) in [5.74, 6) is -1.09. The summed E-state index contributed by atoms with van der Waals surface area (Å²) in [6, 6.07) is 11.9. The van der Waals surface area contributed by atoms with E-state index in [2.05, 4.69) is 4.90 Å². The van der Waals surface area contributed by atoms with E-state index in [1.807, 2.05) is 25.1 Å². The summed E-state index contributed by atoms with van der Waals surface area (Å²) in [6.45, 7) is 4.77. The third-order valence-electron chi connectivity index (χ3n) is 4.79. The third-order valence-corrected chi connectivity index (χ3v) is 4.79. The molecule has 1 heterocycles. The standard InChI is InChI=1S/C21H23FN2O3/c1-15-3-6-17(7-4-15)20(25)21(26)24-11-9-23(10-12-24)14-16-5-8-19(27-2)18(22)13-16/h3-8,13H,9-12,14H2,1-2H3. The summed E-state index contributed by atoms with van der Waals surface area (Å²) in [7, 11) is 1.44. The molecule has 0 aromatic heterocycles. The van der Waals surface area contributed by atoms with Crippen LogP contribution in [0.15, 0.2) is 42.5 Å². The van der Waals surface area contributed by atoms with Crippen molar-refractivity contribution in [1.29, 1.82) is 0 Å². The Labute approximate surface area is 158 Å². The molecule has 1 amide bonds. The zero-order valence-corrected chi connectivity index (χ0v) is 15.6. The van der Waals surface area contributed by atoms with Gasteiger partial charge in [0.2, 0.25) is 5.78 Å². The Kier molecular flexibility index (Phi) is 5.86. The molecule has 1 fully saturated rings. The minimum Gasteiger partial charge on any atom is -0.494 e. The molecular weight excluding hydrogens is 347 g/mol. The zero-order chi connectivity index (χ0) is 19.4. The fraction of sp³-hybridized carbons (Fsp3) is 0.333. The van der Waals surface area contributed by atoms with Gasteiger partial charge in [0.1, 0.15) is 0 Å². The second-order valence-corrected chi connectivity index (χ2v) is 6.73. The molecule has 0 atom stereocenters. The maximum atomic E-state index is 13.8. The maximum Gasteiger partial charge on any atom is 0.295 e. The van der Waals surface area contributed by atoms with E-state index in [4.69, 9.17) is 4.74 Å². The summed E-state index contributed by atoms with van der Waals surface area (Å²) in [6.07, 6.45) is 0. The monoisotopic (exact) mass is 370 g/mol. The average Bonchev–Trinajstić information content (AvgIpc) is 2.68. The number of hydrogen-bond donors (Lipinski definition) is 0. The van der Waals surface area contributed by atoms with E-state index in [9.17, 15) is 14.0 Å². The molecule has 1 aliphatic rings. The Balaban J connectivity index is 1.55. The molecule has 3 rings (SSSR count). The van der Waals surface area contributed by atoms with E-state index in [0.29, 0.717) is 38.3 Å². The van der Waals surface area contributed by atoms with E-state index < -0.39 is 11.7 Å². The normalized spacial score (nSPS) is 14.9. The van der Waals surface area contributed by atoms with Gasteiger partial charge < -0.3 is 9.64 Å². The number of ketones is 1. The lowest BCUT2D eigenvalue weighted by Crippen LogP contribution is -2.50. The number of piperazine rings is 1. The Morgan fingerprint density at radius 2 is 1.70 bits per heavy atom. The van der Waals surface area contributed by atoms with Crippen LogP contribution in [0.5, 0.6) is 5.75 Å². The van der Waals surface area contributed by atoms with Crippen LogP contribution in [0.4, 0.5) is 4.39 Å². The summed E-state index contributed by atoms with van der Waals surface area (Å²) >= 11 is 0. The van der Waals surface area contributed by atoms with E-state index in [1.165, 1.54) is 13.2 Å². The van der Waals surface area contributed by atoms with Crippen molar-refractivity contribution < 1.29 is 18.7 Å². The lowest BCUT2D eigenvalue weighted by Gasteiger charge is -2.34. The number of Topliss-reactive ketones (excluding diaryl/α,β-unsaturated/α-hetero) is 1. The average molecular weight is 370 g/mol. The van der Waals surface area contributed by atoms with Crippen molar-refractivity contribution in [2.75, 3.05) is 33.3 Å². The van der Waals surface area contributed by atoms with Gasteiger partial charge in [-0.3, -0.25) is 14.5 Å². The first-order valence-electron chi connectivity index (χ1n) is 8.93. The van der Waals surface area contributed by atoms with Crippen molar-refractivity contribution in [3.63, 3.8) is 0 Å². The highest BCUT2D eigenvalue weighted by Gasteiger charge is 2.26. The fourth-order valence-corrected chi connectivity index (χ4v) is 3.15. The second kappa shape index (κ2) is 8.31. The van der Waals surface area contributed by atoms with Crippen LogP contribution in [0.3, 0.4) is 0 Å². The van der Waals surface area contributed by atoms with E-state index in [0.717, 1.165) is 11.1 Å². The SMILES string of the molecule is COc1ccc(CN2CCN(C(=O)C(=O)c3ccc(C)cc3)CC2)cc1F. The van der Waals surface area contributed by atoms with Gasteiger partial charge in [0, 0.05) is 38.3 Å². The highest BCUT2D eigenvalue weighted by Crippen LogP contribution is 2.19. The number of rotatable bonds is 5. The molecule has 0 spiro atoms. The van der Waals surface area contributed by atoms with E-state index >= 15 is 0 Å². The lowest BCUT2D eigenvalue weighted by atomic mass is 10.1. The third kappa shape index (κ3) is 4.52. The molecule has 5 nitrogen and oxygen atoms in total. The van der Waals surface area contributed by atoms with Crippen molar-refractivity contribution in [2.45, 2.75) is 13.5 Å². The van der Waals surface area contributed by atoms with Crippen LogP contribution in [0, 0.1) is 12.7 Å². The predicted molar refractivity (Wildman–Crippen MR) is 100 cm³/mol. The molecule has 0 unspecified atom stereocenters. The molecular formula is C21H23FN2O3. The summed E-state index contributed by atoms with van der Waals surface area (Å²) in [5.41, 5.74) is 2.31. The molecule has 1 saturated heterocycles. The first-order chi connectivity index (χ1) is 13.0. The lowest BCUT2D eigenvalue weighted by molar-refractivity contribution is -0.128. The molecule has 0 N–H and O–H groups in total. The van der Waals surface area contributed by atoms with Crippen molar-refractivity contribution in [3.8, 4) is 5.75 Å². The minimum atomic E-state index is -0.472. The Hall–Kier alpha value is -2.73. The van der Waals surface area contributed by atoms with Crippen LogP contribution in [0.2, 0.25) is 0 Å². The van der Waals surface area contributed by atoms with Gasteiger partial charge in [0.25, 0.3) is 5.91 Å². The van der Waals surface area contributed by atoms with Crippen LogP contribution in [-0.2, 0) is 11.3 Å². The molecule has 0 saturated carbocycles. The largest absolute Gasteiger partial charge is 0.494 e. The van der Waals surface area contributed by atoms with Crippen LogP contribution in [0.25, 0.3) is 0 Å². The van der Waals surface area contributed by atoms with E-state index in [-0.39, 0.29) is 11.6 Å². The number of amides is 1. The number of nitrogens with zero attached hydrogens (tertiary/aromatic N) is 2. The van der Waals surface area contributed by atoms with Gasteiger partial charge in [-0.1, -0.05) is 35.9 Å². The van der Waals surface area contributed by atoms with Crippen molar-refractivity contribution in [1.82, 2.24) is 9.80 Å². The number of benzene rings is 2. The van der Waals surface area contributed by atoms with Crippen LogP contribution in [0.1, 0.15) is 21.5 Å². The number of ether oxygens (including phenoxy) is 1. The minimum absolute atomic E-state index is 0.226. The van der Waals surface area contributed by atoms with Crippen molar-refractivity contribution in [3.05, 3.63) is 65.0 Å². The fourth-order valence-electron chi connectivity index (χ4n) is 3.15. The molecule has 2 aromatic rings. The number of methoxy groups -OCH3 is 1. The smallest absolute Gasteiger partial charge is 0.295 e. The predicted octanol–water partition coefficient (Wildman–Crippen LogP) is 2.67. The first-order valence-corrected chi connectivity index (χ1v) is 8.93. The molecule has 0 radical (unpaired) electrons. The number of halogens is 1. The van der Waals surface area contributed by atoms with Crippen molar-refractivity contribution >= 4 is 11.7 Å². The second-order valence-electron chi connectivity index (χ2n) is 6.73. The highest BCUT2D eigenvalue weighted by atomic mass is 19.1. The number of carbonyl (C=O) groups excluding carboxylic acids is 2. The van der Waals surface area contributed by atoms with Crippen LogP contribution >= 0.6 is 0 Å². The van der Waals surface area contributed by atoms with Gasteiger partial charge in [-0.05, 0) is 24.6 Å². The Morgan fingerprint density at radius 1 is 1.04 bits per heavy atom. The van der Waals surface area contributed by atoms with Crippen LogP contribution < -0.4 is 4.74 Å². The number of aryl methyl sites for hydroxylation is 1. The van der Waals surface area contributed by atoms with Gasteiger partial charge in [-0.2, -0.15) is 0 Å². The van der Waals surface area contributed by atoms with Crippen molar-refractivity contribution in [2.24, 2.45) is 0 Å². The summed E-state index contributed by atoms with van der Waals surface area (Å²) in [5, 5.41) is 0. The summed E-state index contributed by atoms with van der Waals surface area (Å²) in [4.78, 5) is 28.6. The molecule has 0 bridgehead atoms. The molecule has 6 heteroatoms. The Morgan fingerprint density at radius 3 is 2.30 bits per heavy atom. The van der Waals surface area contributed by atoms with Gasteiger partial charge >= 0.3 is 0 Å². The topological polar surface area (TPSA) is 49.9 Å². The molecule has 2 aromatic carbocycles. The molecule has 1 aliphatic heterocycles. The molecule has 0 aliphatic carbocycles. The van der Waals surface area contributed by atoms with Gasteiger partial charge in [0.05, 0.1) is 7.11 Å². The van der Waals surface area contributed by atoms with Gasteiger partial charge in [-0.25, -0.2) is 4.39 Å². The zero-order valence-electron chi connectivity index (χ0n) is 15.6.